The molecule has 2 fully saturated rings. The quantitative estimate of drug-likeness (QED) is 0.749. The molecule has 108 valence electrons. The average Bonchev–Trinajstić information content (AvgIpc) is 3.08. The van der Waals surface area contributed by atoms with E-state index in [1.807, 2.05) is 16.7 Å². The lowest BCUT2D eigenvalue weighted by molar-refractivity contribution is -0.136. The molecule has 2 rings (SSSR count). The van der Waals surface area contributed by atoms with E-state index in [9.17, 15) is 4.79 Å². The molecule has 2 N–H and O–H groups in total. The van der Waals surface area contributed by atoms with E-state index in [0.717, 1.165) is 37.4 Å². The summed E-state index contributed by atoms with van der Waals surface area (Å²) >= 11 is 1.92. The molecule has 2 aliphatic rings. The molecule has 0 aliphatic carbocycles. The molecule has 4 nitrogen and oxygen atoms in total. The lowest BCUT2D eigenvalue weighted by atomic mass is 10.1. The van der Waals surface area contributed by atoms with Crippen molar-refractivity contribution >= 4 is 17.7 Å². The Morgan fingerprint density at radius 1 is 1.58 bits per heavy atom. The van der Waals surface area contributed by atoms with Crippen molar-refractivity contribution in [1.82, 2.24) is 4.90 Å². The SMILES string of the molecule is C=CCC(N)C(=O)N(CC1CCCO1)C1CCSC1. The molecule has 0 aromatic heterocycles. The van der Waals surface area contributed by atoms with E-state index in [1.54, 1.807) is 6.08 Å². The Morgan fingerprint density at radius 2 is 2.42 bits per heavy atom. The minimum Gasteiger partial charge on any atom is -0.376 e. The van der Waals surface area contributed by atoms with Gasteiger partial charge in [0, 0.05) is 24.9 Å². The van der Waals surface area contributed by atoms with Crippen LogP contribution in [0.2, 0.25) is 0 Å². The van der Waals surface area contributed by atoms with Crippen molar-refractivity contribution < 1.29 is 9.53 Å². The molecule has 2 heterocycles. The molecule has 0 bridgehead atoms. The number of ether oxygens (including phenoxy) is 1. The van der Waals surface area contributed by atoms with Crippen LogP contribution in [-0.2, 0) is 9.53 Å². The fourth-order valence-corrected chi connectivity index (χ4v) is 3.91. The Morgan fingerprint density at radius 3 is 3.00 bits per heavy atom. The van der Waals surface area contributed by atoms with Crippen molar-refractivity contribution in [1.29, 1.82) is 0 Å². The summed E-state index contributed by atoms with van der Waals surface area (Å²) < 4.78 is 5.67. The summed E-state index contributed by atoms with van der Waals surface area (Å²) in [5.41, 5.74) is 5.96. The van der Waals surface area contributed by atoms with Crippen LogP contribution in [0.5, 0.6) is 0 Å². The summed E-state index contributed by atoms with van der Waals surface area (Å²) in [4.78, 5) is 14.5. The van der Waals surface area contributed by atoms with Gasteiger partial charge < -0.3 is 15.4 Å². The number of rotatable bonds is 6. The Balaban J connectivity index is 1.99. The zero-order valence-electron chi connectivity index (χ0n) is 11.4. The number of hydrogen-bond donors (Lipinski definition) is 1. The summed E-state index contributed by atoms with van der Waals surface area (Å²) in [6.07, 6.45) is 5.69. The van der Waals surface area contributed by atoms with Gasteiger partial charge in [0.25, 0.3) is 0 Å². The van der Waals surface area contributed by atoms with E-state index in [1.165, 1.54) is 0 Å². The third-order valence-corrected chi connectivity index (χ3v) is 4.94. The number of thioether (sulfide) groups is 1. The molecular weight excluding hydrogens is 260 g/mol. The zero-order chi connectivity index (χ0) is 13.7. The standard InChI is InChI=1S/C14H24N2O2S/c1-2-4-13(15)14(17)16(11-6-8-19-10-11)9-12-5-3-7-18-12/h2,11-13H,1,3-10,15H2. The van der Waals surface area contributed by atoms with Gasteiger partial charge in [-0.3, -0.25) is 4.79 Å². The second kappa shape index (κ2) is 7.31. The van der Waals surface area contributed by atoms with Gasteiger partial charge in [0.05, 0.1) is 12.1 Å². The molecule has 0 radical (unpaired) electrons. The number of carbonyl (C=O) groups excluding carboxylic acids is 1. The van der Waals surface area contributed by atoms with Crippen LogP contribution in [-0.4, -0.2) is 53.7 Å². The topological polar surface area (TPSA) is 55.6 Å². The summed E-state index contributed by atoms with van der Waals surface area (Å²) in [7, 11) is 0. The monoisotopic (exact) mass is 284 g/mol. The highest BCUT2D eigenvalue weighted by Gasteiger charge is 2.32. The van der Waals surface area contributed by atoms with Crippen LogP contribution in [0.3, 0.4) is 0 Å². The molecule has 5 heteroatoms. The molecule has 0 saturated carbocycles. The molecule has 3 atom stereocenters. The van der Waals surface area contributed by atoms with Crippen molar-refractivity contribution in [2.75, 3.05) is 24.7 Å². The first kappa shape index (κ1) is 14.9. The zero-order valence-corrected chi connectivity index (χ0v) is 12.2. The van der Waals surface area contributed by atoms with E-state index in [2.05, 4.69) is 6.58 Å². The Labute approximate surface area is 119 Å². The Kier molecular flexibility index (Phi) is 5.73. The van der Waals surface area contributed by atoms with Gasteiger partial charge in [0.2, 0.25) is 5.91 Å². The Bertz CT molecular complexity index is 313. The molecule has 2 aliphatic heterocycles. The summed E-state index contributed by atoms with van der Waals surface area (Å²) in [6.45, 7) is 5.19. The predicted octanol–water partition coefficient (Wildman–Crippen LogP) is 1.40. The first-order chi connectivity index (χ1) is 9.22. The molecule has 0 aromatic carbocycles. The number of carbonyl (C=O) groups is 1. The third-order valence-electron chi connectivity index (χ3n) is 3.79. The summed E-state index contributed by atoms with van der Waals surface area (Å²) in [5, 5.41) is 0. The van der Waals surface area contributed by atoms with Crippen molar-refractivity contribution in [3.05, 3.63) is 12.7 Å². The minimum atomic E-state index is -0.454. The summed E-state index contributed by atoms with van der Waals surface area (Å²) in [6, 6.07) is -0.123. The number of hydrogen-bond acceptors (Lipinski definition) is 4. The van der Waals surface area contributed by atoms with Crippen molar-refractivity contribution in [3.63, 3.8) is 0 Å². The van der Waals surface area contributed by atoms with Gasteiger partial charge in [-0.1, -0.05) is 6.08 Å². The second-order valence-corrected chi connectivity index (χ2v) is 6.42. The minimum absolute atomic E-state index is 0.0582. The van der Waals surface area contributed by atoms with Crippen LogP contribution in [0.15, 0.2) is 12.7 Å². The highest BCUT2D eigenvalue weighted by Crippen LogP contribution is 2.25. The van der Waals surface area contributed by atoms with Crippen molar-refractivity contribution in [2.24, 2.45) is 5.73 Å². The van der Waals surface area contributed by atoms with Gasteiger partial charge >= 0.3 is 0 Å². The molecule has 0 aromatic rings. The van der Waals surface area contributed by atoms with Crippen molar-refractivity contribution in [3.8, 4) is 0 Å². The maximum absolute atomic E-state index is 12.5. The van der Waals surface area contributed by atoms with Crippen LogP contribution in [0.1, 0.15) is 25.7 Å². The number of amides is 1. The van der Waals surface area contributed by atoms with Crippen LogP contribution in [0, 0.1) is 0 Å². The normalized spacial score (nSPS) is 28.3. The molecular formula is C14H24N2O2S. The van der Waals surface area contributed by atoms with E-state index < -0.39 is 6.04 Å². The molecule has 3 unspecified atom stereocenters. The Hall–Kier alpha value is -0.520. The van der Waals surface area contributed by atoms with E-state index in [4.69, 9.17) is 10.5 Å². The van der Waals surface area contributed by atoms with Gasteiger partial charge in [-0.05, 0) is 31.4 Å². The second-order valence-electron chi connectivity index (χ2n) is 5.27. The van der Waals surface area contributed by atoms with Crippen LogP contribution in [0.4, 0.5) is 0 Å². The largest absolute Gasteiger partial charge is 0.376 e. The fraction of sp³-hybridized carbons (Fsp3) is 0.786. The van der Waals surface area contributed by atoms with E-state index in [-0.39, 0.29) is 12.0 Å². The lowest BCUT2D eigenvalue weighted by Gasteiger charge is -2.32. The van der Waals surface area contributed by atoms with Crippen LogP contribution in [0.25, 0.3) is 0 Å². The van der Waals surface area contributed by atoms with Crippen LogP contribution >= 0.6 is 11.8 Å². The van der Waals surface area contributed by atoms with Crippen molar-refractivity contribution in [2.45, 2.75) is 43.9 Å². The van der Waals surface area contributed by atoms with Gasteiger partial charge in [0.15, 0.2) is 0 Å². The molecule has 0 spiro atoms. The number of nitrogens with two attached hydrogens (primary N) is 1. The average molecular weight is 284 g/mol. The van der Waals surface area contributed by atoms with Crippen LogP contribution < -0.4 is 5.73 Å². The molecule has 19 heavy (non-hydrogen) atoms. The fourth-order valence-electron chi connectivity index (χ4n) is 2.69. The highest BCUT2D eigenvalue weighted by molar-refractivity contribution is 7.99. The molecule has 2 saturated heterocycles. The first-order valence-electron chi connectivity index (χ1n) is 7.08. The predicted molar refractivity (Wildman–Crippen MR) is 79.2 cm³/mol. The summed E-state index contributed by atoms with van der Waals surface area (Å²) in [5.74, 6) is 2.22. The lowest BCUT2D eigenvalue weighted by Crippen LogP contribution is -2.51. The van der Waals surface area contributed by atoms with Gasteiger partial charge in [-0.15, -0.1) is 6.58 Å². The smallest absolute Gasteiger partial charge is 0.240 e. The highest BCUT2D eigenvalue weighted by atomic mass is 32.2. The van der Waals surface area contributed by atoms with Gasteiger partial charge in [-0.25, -0.2) is 0 Å². The first-order valence-corrected chi connectivity index (χ1v) is 8.24. The van der Waals surface area contributed by atoms with Gasteiger partial charge in [-0.2, -0.15) is 11.8 Å². The maximum Gasteiger partial charge on any atom is 0.240 e. The maximum atomic E-state index is 12.5. The number of nitrogens with zero attached hydrogens (tertiary/aromatic N) is 1. The van der Waals surface area contributed by atoms with E-state index in [0.29, 0.717) is 19.0 Å². The third kappa shape index (κ3) is 3.97. The van der Waals surface area contributed by atoms with E-state index >= 15 is 0 Å². The van der Waals surface area contributed by atoms with Gasteiger partial charge in [0.1, 0.15) is 0 Å². The molecule has 1 amide bonds.